The number of aliphatic hydroxyl groups excluding tert-OH is 2. The Morgan fingerprint density at radius 2 is 1.19 bits per heavy atom. The number of esters is 2. The molecule has 0 aromatic rings. The van der Waals surface area contributed by atoms with Gasteiger partial charge in [-0.1, -0.05) is 0 Å². The van der Waals surface area contributed by atoms with Crippen LogP contribution in [0.15, 0.2) is 0 Å². The Hall–Kier alpha value is -2.12. The van der Waals surface area contributed by atoms with Gasteiger partial charge in [-0.25, -0.2) is 62.3 Å². The second-order valence-corrected chi connectivity index (χ2v) is 8.42. The third-order valence-corrected chi connectivity index (χ3v) is 6.75. The molecule has 4 atom stereocenters. The minimum Gasteiger partial charge on any atom is -0.462 e. The van der Waals surface area contributed by atoms with E-state index in [1.54, 1.807) is 0 Å². The van der Waals surface area contributed by atoms with Crippen LogP contribution in [0.25, 0.3) is 0 Å². The van der Waals surface area contributed by atoms with Crippen molar-refractivity contribution in [3.63, 3.8) is 0 Å². The number of rotatable bonds is 7. The second-order valence-electron chi connectivity index (χ2n) is 8.42. The third kappa shape index (κ3) is 2.85. The van der Waals surface area contributed by atoms with Crippen LogP contribution < -0.4 is 0 Å². The van der Waals surface area contributed by atoms with E-state index in [9.17, 15) is 40.3 Å². The lowest BCUT2D eigenvalue weighted by atomic mass is 9.42. The summed E-state index contributed by atoms with van der Waals surface area (Å²) in [6, 6.07) is 0. The largest absolute Gasteiger partial charge is 0.462 e. The van der Waals surface area contributed by atoms with E-state index in [0.29, 0.717) is 0 Å². The average molecular weight is 580 g/mol. The summed E-state index contributed by atoms with van der Waals surface area (Å²) in [4.78, 5) is 22.3. The fourth-order valence-electron chi connectivity index (χ4n) is 4.44. The molecule has 2 saturated carbocycles. The van der Waals surface area contributed by atoms with Gasteiger partial charge in [0.2, 0.25) is 5.41 Å². The van der Waals surface area contributed by atoms with Crippen LogP contribution in [0.2, 0.25) is 0 Å². The van der Waals surface area contributed by atoms with Gasteiger partial charge in [-0.15, -0.1) is 0 Å². The van der Waals surface area contributed by atoms with Crippen LogP contribution in [0.5, 0.6) is 0 Å². The van der Waals surface area contributed by atoms with E-state index in [1.807, 2.05) is 0 Å². The molecule has 2 aliphatic carbocycles. The van der Waals surface area contributed by atoms with Crippen LogP contribution in [0, 0.1) is 10.8 Å². The van der Waals surface area contributed by atoms with Crippen LogP contribution >= 0.6 is 0 Å². The molecule has 0 spiro atoms. The van der Waals surface area contributed by atoms with E-state index < -0.39 is 103 Å². The molecule has 2 N–H and O–H groups in total. The Morgan fingerprint density at radius 3 is 1.59 bits per heavy atom. The number of carbonyl (C=O) groups is 2. The number of ether oxygens (including phenoxy) is 2. The van der Waals surface area contributed by atoms with E-state index in [-0.39, 0.29) is 0 Å². The molecular weight excluding hydrogens is 566 g/mol. The zero-order valence-corrected chi connectivity index (χ0v) is 17.7. The van der Waals surface area contributed by atoms with Gasteiger partial charge < -0.3 is 19.7 Å². The van der Waals surface area contributed by atoms with Crippen molar-refractivity contribution < 1.29 is 90.7 Å². The third-order valence-electron chi connectivity index (χ3n) is 6.75. The Kier molecular flexibility index (Phi) is 6.88. The minimum atomic E-state index is -7.85. The zero-order chi connectivity index (χ0) is 29.5. The standard InChI is InChI=1S/C17H14F14O6/c1-9(4-33)13(22,23)10(5-37-7(35)3-36-6(34)2-32)15(26,27)11(20,8(18)19)17(30,31)12(21,14(9,24)25)16(10,28)29/h8,32-33H,2-5H2,1H3. The van der Waals surface area contributed by atoms with Gasteiger partial charge in [-0.2, -0.15) is 8.78 Å². The number of alkyl halides is 14. The molecule has 0 saturated heterocycles. The highest BCUT2D eigenvalue weighted by Crippen LogP contribution is 2.84. The van der Waals surface area contributed by atoms with Crippen LogP contribution in [0.4, 0.5) is 61.5 Å². The molecule has 0 amide bonds. The van der Waals surface area contributed by atoms with Crippen molar-refractivity contribution in [2.45, 2.75) is 54.3 Å². The summed E-state index contributed by atoms with van der Waals surface area (Å²) in [6.45, 7) is -10.9. The first-order valence-electron chi connectivity index (χ1n) is 9.43. The SMILES string of the molecule is CC1(CO)C(F)(F)C2(F)C(F)(F)C(F)(C(F)F)C(F)(F)C(COC(=O)COC(=O)CO)(C1(F)F)C2(F)F. The Labute approximate surface area is 195 Å². The van der Waals surface area contributed by atoms with Crippen molar-refractivity contribution in [1.82, 2.24) is 0 Å². The molecule has 20 heteroatoms. The molecule has 4 unspecified atom stereocenters. The van der Waals surface area contributed by atoms with Crippen LogP contribution in [0.3, 0.4) is 0 Å². The maximum atomic E-state index is 15.4. The molecule has 37 heavy (non-hydrogen) atoms. The molecule has 6 nitrogen and oxygen atoms in total. The first-order chi connectivity index (χ1) is 16.4. The van der Waals surface area contributed by atoms with Gasteiger partial charge in [0.05, 0.1) is 6.61 Å². The van der Waals surface area contributed by atoms with Gasteiger partial charge in [-0.3, -0.25) is 0 Å². The molecule has 0 aromatic carbocycles. The number of fused-ring (bicyclic) bond motifs is 2. The average Bonchev–Trinajstić information content (AvgIpc) is 2.77. The highest BCUT2D eigenvalue weighted by Gasteiger charge is 3.12. The highest BCUT2D eigenvalue weighted by molar-refractivity contribution is 5.76. The molecule has 2 bridgehead atoms. The molecule has 2 rings (SSSR count). The summed E-state index contributed by atoms with van der Waals surface area (Å²) in [5, 5.41) is 17.5. The van der Waals surface area contributed by atoms with Crippen molar-refractivity contribution in [3.8, 4) is 0 Å². The molecule has 0 heterocycles. The van der Waals surface area contributed by atoms with Crippen molar-refractivity contribution in [1.29, 1.82) is 0 Å². The van der Waals surface area contributed by atoms with Gasteiger partial charge in [0.25, 0.3) is 12.3 Å². The lowest BCUT2D eigenvalue weighted by molar-refractivity contribution is -0.552. The predicted molar refractivity (Wildman–Crippen MR) is 85.0 cm³/mol. The van der Waals surface area contributed by atoms with E-state index in [4.69, 9.17) is 10.2 Å². The summed E-state index contributed by atoms with van der Waals surface area (Å²) in [7, 11) is 0. The fraction of sp³-hybridized carbons (Fsp3) is 0.882. The summed E-state index contributed by atoms with van der Waals surface area (Å²) in [6.07, 6.45) is -6.09. The fourth-order valence-corrected chi connectivity index (χ4v) is 4.44. The van der Waals surface area contributed by atoms with Crippen molar-refractivity contribution in [2.75, 3.05) is 26.4 Å². The normalized spacial score (nSPS) is 38.6. The maximum absolute atomic E-state index is 15.4. The van der Waals surface area contributed by atoms with E-state index >= 15 is 30.7 Å². The van der Waals surface area contributed by atoms with E-state index in [2.05, 4.69) is 9.47 Å². The molecule has 0 radical (unpaired) electrons. The van der Waals surface area contributed by atoms with Gasteiger partial charge in [0.1, 0.15) is 18.6 Å². The zero-order valence-electron chi connectivity index (χ0n) is 17.7. The van der Waals surface area contributed by atoms with Crippen molar-refractivity contribution >= 4 is 11.9 Å². The smallest absolute Gasteiger partial charge is 0.344 e. The first-order valence-corrected chi connectivity index (χ1v) is 9.43. The quantitative estimate of drug-likeness (QED) is 0.356. The Balaban J connectivity index is 3.01. The van der Waals surface area contributed by atoms with Crippen LogP contribution in [-0.2, 0) is 19.1 Å². The van der Waals surface area contributed by atoms with Crippen LogP contribution in [0.1, 0.15) is 6.92 Å². The van der Waals surface area contributed by atoms with Crippen molar-refractivity contribution in [2.24, 2.45) is 10.8 Å². The Morgan fingerprint density at radius 1 is 0.703 bits per heavy atom. The summed E-state index contributed by atoms with van der Waals surface area (Å²) in [5.74, 6) is -41.2. The lowest BCUT2D eigenvalue weighted by Crippen LogP contribution is -2.98. The highest BCUT2D eigenvalue weighted by atomic mass is 19.3. The second kappa shape index (κ2) is 8.19. The van der Waals surface area contributed by atoms with Crippen molar-refractivity contribution in [3.05, 3.63) is 0 Å². The topological polar surface area (TPSA) is 93.1 Å². The van der Waals surface area contributed by atoms with Gasteiger partial charge >= 0.3 is 47.0 Å². The number of hydrogen-bond donors (Lipinski definition) is 2. The van der Waals surface area contributed by atoms with E-state index in [1.165, 1.54) is 0 Å². The van der Waals surface area contributed by atoms with Gasteiger partial charge in [0, 0.05) is 0 Å². The molecular formula is C17H14F14O6. The minimum absolute atomic E-state index is 0.837. The molecule has 0 aromatic heterocycles. The van der Waals surface area contributed by atoms with Crippen LogP contribution in [-0.4, -0.2) is 96.0 Å². The number of halogens is 14. The van der Waals surface area contributed by atoms with E-state index in [0.717, 1.165) is 0 Å². The number of aliphatic hydroxyl groups is 2. The molecule has 216 valence electrons. The maximum Gasteiger partial charge on any atom is 0.344 e. The number of hydrogen-bond acceptors (Lipinski definition) is 6. The Bertz CT molecular complexity index is 949. The van der Waals surface area contributed by atoms with Gasteiger partial charge in [-0.05, 0) is 6.92 Å². The first kappa shape index (κ1) is 31.1. The lowest BCUT2D eigenvalue weighted by Gasteiger charge is -2.69. The molecule has 2 aliphatic rings. The predicted octanol–water partition coefficient (Wildman–Crippen LogP) is 2.94. The molecule has 2 fully saturated rings. The van der Waals surface area contributed by atoms with Gasteiger partial charge in [0.15, 0.2) is 6.61 Å². The summed E-state index contributed by atoms with van der Waals surface area (Å²) < 4.78 is 215. The monoisotopic (exact) mass is 580 g/mol. The number of carbonyl (C=O) groups excluding carboxylic acids is 2. The summed E-state index contributed by atoms with van der Waals surface area (Å²) >= 11 is 0. The molecule has 0 aliphatic heterocycles. The summed E-state index contributed by atoms with van der Waals surface area (Å²) in [5.41, 5.74) is -27.3.